The Morgan fingerprint density at radius 3 is 2.78 bits per heavy atom. The zero-order valence-electron chi connectivity index (χ0n) is 11.2. The van der Waals surface area contributed by atoms with Crippen molar-refractivity contribution in [2.24, 2.45) is 0 Å². The minimum atomic E-state index is 0.402. The van der Waals surface area contributed by atoms with Crippen molar-refractivity contribution in [3.63, 3.8) is 0 Å². The van der Waals surface area contributed by atoms with E-state index < -0.39 is 0 Å². The second kappa shape index (κ2) is 6.69. The number of halogens is 1. The van der Waals surface area contributed by atoms with Crippen LogP contribution in [0.4, 0.5) is 0 Å². The number of ether oxygens (including phenoxy) is 1. The van der Waals surface area contributed by atoms with Gasteiger partial charge in [0.05, 0.1) is 6.10 Å². The van der Waals surface area contributed by atoms with Crippen LogP contribution in [0.15, 0.2) is 28.7 Å². The number of nitrogens with one attached hydrogen (secondary N) is 1. The quantitative estimate of drug-likeness (QED) is 0.905. The zero-order valence-corrected chi connectivity index (χ0v) is 12.7. The first kappa shape index (κ1) is 14.0. The lowest BCUT2D eigenvalue weighted by atomic mass is 9.99. The van der Waals surface area contributed by atoms with Crippen LogP contribution >= 0.6 is 15.9 Å². The molecule has 2 nitrogen and oxygen atoms in total. The maximum absolute atomic E-state index is 5.71. The largest absolute Gasteiger partial charge is 0.378 e. The maximum atomic E-state index is 5.71. The van der Waals surface area contributed by atoms with Crippen LogP contribution in [0.5, 0.6) is 0 Å². The molecule has 0 bridgehead atoms. The average molecular weight is 312 g/mol. The highest BCUT2D eigenvalue weighted by Crippen LogP contribution is 2.21. The van der Waals surface area contributed by atoms with E-state index in [1.54, 1.807) is 0 Å². The van der Waals surface area contributed by atoms with Crippen molar-refractivity contribution in [1.29, 1.82) is 0 Å². The number of rotatable bonds is 4. The molecular formula is C15H22BrNO. The molecule has 3 atom stereocenters. The highest BCUT2D eigenvalue weighted by atomic mass is 79.9. The Balaban J connectivity index is 1.90. The Morgan fingerprint density at radius 2 is 2.11 bits per heavy atom. The first-order chi connectivity index (χ1) is 8.69. The minimum Gasteiger partial charge on any atom is -0.378 e. The normalized spacial score (nSPS) is 25.9. The monoisotopic (exact) mass is 311 g/mol. The molecule has 1 N–H and O–H groups in total. The van der Waals surface area contributed by atoms with Gasteiger partial charge in [0.1, 0.15) is 0 Å². The van der Waals surface area contributed by atoms with Crippen LogP contribution in [0.1, 0.15) is 44.7 Å². The third kappa shape index (κ3) is 3.81. The molecule has 1 saturated heterocycles. The topological polar surface area (TPSA) is 21.3 Å². The second-order valence-corrected chi connectivity index (χ2v) is 5.98. The molecular weight excluding hydrogens is 290 g/mol. The van der Waals surface area contributed by atoms with Gasteiger partial charge >= 0.3 is 0 Å². The molecule has 0 amide bonds. The van der Waals surface area contributed by atoms with E-state index in [-0.39, 0.29) is 0 Å². The van der Waals surface area contributed by atoms with Crippen molar-refractivity contribution in [3.05, 3.63) is 34.3 Å². The van der Waals surface area contributed by atoms with Crippen molar-refractivity contribution in [3.8, 4) is 0 Å². The first-order valence-electron chi connectivity index (χ1n) is 6.82. The first-order valence-corrected chi connectivity index (χ1v) is 7.61. The molecule has 1 aromatic carbocycles. The molecule has 1 aliphatic rings. The zero-order chi connectivity index (χ0) is 13.0. The molecule has 2 unspecified atom stereocenters. The molecule has 1 aromatic rings. The molecule has 100 valence electrons. The standard InChI is InChI=1S/C15H22BrNO/c1-3-15-10-14(8-9-18-15)17-11(2)12-4-6-13(16)7-5-12/h4-7,11,14-15,17H,3,8-10H2,1-2H3/t11-,14?,15?/m1/s1. The summed E-state index contributed by atoms with van der Waals surface area (Å²) in [6.45, 7) is 5.33. The van der Waals surface area contributed by atoms with E-state index in [0.29, 0.717) is 18.2 Å². The van der Waals surface area contributed by atoms with Gasteiger partial charge in [0.2, 0.25) is 0 Å². The van der Waals surface area contributed by atoms with Crippen LogP contribution in [0, 0.1) is 0 Å². The van der Waals surface area contributed by atoms with Gasteiger partial charge in [0, 0.05) is 23.2 Å². The predicted octanol–water partition coefficient (Wildman–Crippen LogP) is 4.06. The summed E-state index contributed by atoms with van der Waals surface area (Å²) >= 11 is 3.47. The highest BCUT2D eigenvalue weighted by Gasteiger charge is 2.22. The molecule has 2 rings (SSSR count). The van der Waals surface area contributed by atoms with Gasteiger partial charge in [-0.15, -0.1) is 0 Å². The molecule has 0 spiro atoms. The summed E-state index contributed by atoms with van der Waals surface area (Å²) in [5, 5.41) is 3.72. The van der Waals surface area contributed by atoms with Gasteiger partial charge in [-0.3, -0.25) is 0 Å². The molecule has 0 aliphatic carbocycles. The third-order valence-electron chi connectivity index (χ3n) is 3.68. The fourth-order valence-electron chi connectivity index (χ4n) is 2.52. The van der Waals surface area contributed by atoms with E-state index in [9.17, 15) is 0 Å². The van der Waals surface area contributed by atoms with Crippen LogP contribution in [-0.4, -0.2) is 18.8 Å². The van der Waals surface area contributed by atoms with E-state index in [1.165, 1.54) is 5.56 Å². The van der Waals surface area contributed by atoms with E-state index in [4.69, 9.17) is 4.74 Å². The lowest BCUT2D eigenvalue weighted by Crippen LogP contribution is -2.39. The molecule has 0 radical (unpaired) electrons. The summed E-state index contributed by atoms with van der Waals surface area (Å²) in [5.74, 6) is 0. The van der Waals surface area contributed by atoms with Gasteiger partial charge in [-0.2, -0.15) is 0 Å². The Kier molecular flexibility index (Phi) is 5.22. The molecule has 1 aliphatic heterocycles. The molecule has 0 saturated carbocycles. The molecule has 1 heterocycles. The van der Waals surface area contributed by atoms with Gasteiger partial charge in [-0.1, -0.05) is 35.0 Å². The summed E-state index contributed by atoms with van der Waals surface area (Å²) in [4.78, 5) is 0. The predicted molar refractivity (Wildman–Crippen MR) is 78.7 cm³/mol. The van der Waals surface area contributed by atoms with Gasteiger partial charge in [0.25, 0.3) is 0 Å². The fourth-order valence-corrected chi connectivity index (χ4v) is 2.78. The highest BCUT2D eigenvalue weighted by molar-refractivity contribution is 9.10. The molecule has 1 fully saturated rings. The minimum absolute atomic E-state index is 0.402. The molecule has 18 heavy (non-hydrogen) atoms. The van der Waals surface area contributed by atoms with Crippen molar-refractivity contribution in [2.45, 2.75) is 51.3 Å². The van der Waals surface area contributed by atoms with E-state index in [2.05, 4.69) is 59.4 Å². The maximum Gasteiger partial charge on any atom is 0.0587 e. The SMILES string of the molecule is CCC1CC(N[C@H](C)c2ccc(Br)cc2)CCO1. The summed E-state index contributed by atoms with van der Waals surface area (Å²) < 4.78 is 6.85. The number of benzene rings is 1. The summed E-state index contributed by atoms with van der Waals surface area (Å²) in [5.41, 5.74) is 1.35. The van der Waals surface area contributed by atoms with Crippen molar-refractivity contribution < 1.29 is 4.74 Å². The van der Waals surface area contributed by atoms with Crippen LogP contribution in [0.3, 0.4) is 0 Å². The van der Waals surface area contributed by atoms with Crippen LogP contribution in [0.2, 0.25) is 0 Å². The smallest absolute Gasteiger partial charge is 0.0587 e. The number of hydrogen-bond donors (Lipinski definition) is 1. The Morgan fingerprint density at radius 1 is 1.39 bits per heavy atom. The Hall–Kier alpha value is -0.380. The molecule has 0 aromatic heterocycles. The lowest BCUT2D eigenvalue weighted by molar-refractivity contribution is -0.00165. The van der Waals surface area contributed by atoms with Gasteiger partial charge in [-0.05, 0) is 43.9 Å². The second-order valence-electron chi connectivity index (χ2n) is 5.06. The van der Waals surface area contributed by atoms with Crippen LogP contribution in [-0.2, 0) is 4.74 Å². The fraction of sp³-hybridized carbons (Fsp3) is 0.600. The molecule has 3 heteroatoms. The Bertz CT molecular complexity index is 365. The van der Waals surface area contributed by atoms with Gasteiger partial charge in [-0.25, -0.2) is 0 Å². The lowest BCUT2D eigenvalue weighted by Gasteiger charge is -2.31. The van der Waals surface area contributed by atoms with Gasteiger partial charge in [0.15, 0.2) is 0 Å². The Labute approximate surface area is 118 Å². The van der Waals surface area contributed by atoms with Crippen molar-refractivity contribution in [2.75, 3.05) is 6.61 Å². The summed E-state index contributed by atoms with van der Waals surface area (Å²) in [7, 11) is 0. The van der Waals surface area contributed by atoms with Crippen molar-refractivity contribution in [1.82, 2.24) is 5.32 Å². The summed E-state index contributed by atoms with van der Waals surface area (Å²) in [6.07, 6.45) is 3.81. The third-order valence-corrected chi connectivity index (χ3v) is 4.21. The van der Waals surface area contributed by atoms with E-state index in [1.807, 2.05) is 0 Å². The van der Waals surface area contributed by atoms with Crippen molar-refractivity contribution >= 4 is 15.9 Å². The van der Waals surface area contributed by atoms with E-state index in [0.717, 1.165) is 30.3 Å². The van der Waals surface area contributed by atoms with Crippen LogP contribution in [0.25, 0.3) is 0 Å². The number of hydrogen-bond acceptors (Lipinski definition) is 2. The average Bonchev–Trinajstić information content (AvgIpc) is 2.39. The summed E-state index contributed by atoms with van der Waals surface area (Å²) in [6, 6.07) is 9.55. The van der Waals surface area contributed by atoms with Crippen LogP contribution < -0.4 is 5.32 Å². The van der Waals surface area contributed by atoms with Gasteiger partial charge < -0.3 is 10.1 Å². The van der Waals surface area contributed by atoms with E-state index >= 15 is 0 Å².